The molecule has 0 saturated carbocycles. The van der Waals surface area contributed by atoms with E-state index in [1.54, 1.807) is 11.3 Å². The van der Waals surface area contributed by atoms with Crippen LogP contribution in [0.15, 0.2) is 29.6 Å². The molecule has 1 aromatic heterocycles. The Hall–Kier alpha value is -1.61. The van der Waals surface area contributed by atoms with Gasteiger partial charge >= 0.3 is 0 Å². The van der Waals surface area contributed by atoms with Crippen molar-refractivity contribution >= 4 is 22.9 Å². The maximum absolute atomic E-state index is 12.5. The summed E-state index contributed by atoms with van der Waals surface area (Å²) in [7, 11) is 0. The highest BCUT2D eigenvalue weighted by molar-refractivity contribution is 7.10. The zero-order chi connectivity index (χ0) is 14.8. The van der Waals surface area contributed by atoms with E-state index in [0.29, 0.717) is 0 Å². The average Bonchev–Trinajstić information content (AvgIpc) is 2.91. The fourth-order valence-corrected chi connectivity index (χ4v) is 4.13. The third-order valence-corrected chi connectivity index (χ3v) is 5.32. The fourth-order valence-electron chi connectivity index (χ4n) is 2.89. The summed E-state index contributed by atoms with van der Waals surface area (Å²) in [6.45, 7) is 4.42. The number of thiophene rings is 1. The lowest BCUT2D eigenvalue weighted by Crippen LogP contribution is -2.16. The summed E-state index contributed by atoms with van der Waals surface area (Å²) in [4.78, 5) is 13.9. The summed E-state index contributed by atoms with van der Waals surface area (Å²) in [5, 5.41) is 5.05. The second-order valence-electron chi connectivity index (χ2n) is 5.90. The molecule has 0 unspecified atom stereocenters. The number of hydrogen-bond donors (Lipinski definition) is 1. The van der Waals surface area contributed by atoms with Crippen LogP contribution in [0.3, 0.4) is 0 Å². The van der Waals surface area contributed by atoms with Gasteiger partial charge in [0, 0.05) is 15.9 Å². The molecule has 1 aromatic carbocycles. The van der Waals surface area contributed by atoms with Crippen LogP contribution >= 0.6 is 11.3 Å². The van der Waals surface area contributed by atoms with E-state index >= 15 is 0 Å². The number of aryl methyl sites for hydroxylation is 1. The summed E-state index contributed by atoms with van der Waals surface area (Å²) in [5.41, 5.74) is 4.32. The van der Waals surface area contributed by atoms with E-state index in [2.05, 4.69) is 31.3 Å². The van der Waals surface area contributed by atoms with Gasteiger partial charge in [0.05, 0.1) is 5.56 Å². The maximum Gasteiger partial charge on any atom is 0.256 e. The maximum atomic E-state index is 12.5. The van der Waals surface area contributed by atoms with Crippen LogP contribution in [0.2, 0.25) is 0 Å². The molecule has 1 aliphatic carbocycles. The standard InChI is InChI=1S/C18H21NOS/c1-3-13-5-7-14(8-6-13)19-18(20)16-11-21-17-10-12(2)4-9-15(16)17/h5-8,11-12H,3-4,9-10H2,1-2H3,(H,19,20)/t12-/m0/s1. The molecule has 0 fully saturated rings. The van der Waals surface area contributed by atoms with Crippen molar-refractivity contribution in [2.75, 3.05) is 5.32 Å². The van der Waals surface area contributed by atoms with Gasteiger partial charge in [-0.3, -0.25) is 4.79 Å². The molecule has 1 atom stereocenters. The molecule has 2 aromatic rings. The van der Waals surface area contributed by atoms with E-state index in [4.69, 9.17) is 0 Å². The monoisotopic (exact) mass is 299 g/mol. The van der Waals surface area contributed by atoms with E-state index in [-0.39, 0.29) is 5.91 Å². The minimum atomic E-state index is 0.0336. The van der Waals surface area contributed by atoms with Crippen LogP contribution in [0.1, 0.15) is 46.6 Å². The molecule has 1 heterocycles. The normalized spacial score (nSPS) is 17.3. The molecule has 0 spiro atoms. The number of benzene rings is 1. The van der Waals surface area contributed by atoms with Gasteiger partial charge in [0.1, 0.15) is 0 Å². The zero-order valence-corrected chi connectivity index (χ0v) is 13.4. The minimum Gasteiger partial charge on any atom is -0.322 e. The van der Waals surface area contributed by atoms with E-state index in [1.165, 1.54) is 22.4 Å². The molecular weight excluding hydrogens is 278 g/mol. The van der Waals surface area contributed by atoms with Crippen molar-refractivity contribution in [3.63, 3.8) is 0 Å². The molecule has 1 N–H and O–H groups in total. The second kappa shape index (κ2) is 6.02. The van der Waals surface area contributed by atoms with Gasteiger partial charge in [-0.15, -0.1) is 11.3 Å². The summed E-state index contributed by atoms with van der Waals surface area (Å²) in [6, 6.07) is 8.11. The first kappa shape index (κ1) is 14.3. The van der Waals surface area contributed by atoms with Crippen molar-refractivity contribution in [1.29, 1.82) is 0 Å². The molecule has 3 heteroatoms. The van der Waals surface area contributed by atoms with Gasteiger partial charge in [0.2, 0.25) is 0 Å². The van der Waals surface area contributed by atoms with Crippen LogP contribution in [0.4, 0.5) is 5.69 Å². The summed E-state index contributed by atoms with van der Waals surface area (Å²) in [5.74, 6) is 0.778. The highest BCUT2D eigenvalue weighted by atomic mass is 32.1. The number of anilines is 1. The first-order valence-corrected chi connectivity index (χ1v) is 8.55. The molecular formula is C18H21NOS. The van der Waals surface area contributed by atoms with Gasteiger partial charge in [-0.25, -0.2) is 0 Å². The Morgan fingerprint density at radius 2 is 2.10 bits per heavy atom. The minimum absolute atomic E-state index is 0.0336. The molecule has 0 saturated heterocycles. The van der Waals surface area contributed by atoms with Crippen molar-refractivity contribution in [2.45, 2.75) is 39.5 Å². The number of rotatable bonds is 3. The van der Waals surface area contributed by atoms with E-state index in [9.17, 15) is 4.79 Å². The average molecular weight is 299 g/mol. The quantitative estimate of drug-likeness (QED) is 0.875. The molecule has 110 valence electrons. The molecule has 0 aliphatic heterocycles. The number of amides is 1. The lowest BCUT2D eigenvalue weighted by molar-refractivity contribution is 0.102. The molecule has 0 radical (unpaired) electrons. The van der Waals surface area contributed by atoms with Crippen LogP contribution in [0.5, 0.6) is 0 Å². The number of carbonyl (C=O) groups is 1. The van der Waals surface area contributed by atoms with Gasteiger partial charge in [-0.1, -0.05) is 26.0 Å². The Labute approximate surface area is 130 Å². The van der Waals surface area contributed by atoms with Crippen molar-refractivity contribution < 1.29 is 4.79 Å². The van der Waals surface area contributed by atoms with Gasteiger partial charge < -0.3 is 5.32 Å². The number of nitrogens with one attached hydrogen (secondary N) is 1. The van der Waals surface area contributed by atoms with Crippen molar-refractivity contribution in [3.8, 4) is 0 Å². The third-order valence-electron chi connectivity index (χ3n) is 4.27. The van der Waals surface area contributed by atoms with Gasteiger partial charge in [0.15, 0.2) is 0 Å². The van der Waals surface area contributed by atoms with Crippen molar-refractivity contribution in [2.24, 2.45) is 5.92 Å². The summed E-state index contributed by atoms with van der Waals surface area (Å²) in [6.07, 6.45) is 4.37. The highest BCUT2D eigenvalue weighted by Crippen LogP contribution is 2.33. The predicted molar refractivity (Wildman–Crippen MR) is 89.3 cm³/mol. The van der Waals surface area contributed by atoms with Crippen molar-refractivity contribution in [3.05, 3.63) is 51.2 Å². The Kier molecular flexibility index (Phi) is 4.11. The fraction of sp³-hybridized carbons (Fsp3) is 0.389. The summed E-state index contributed by atoms with van der Waals surface area (Å²) >= 11 is 1.74. The third kappa shape index (κ3) is 3.03. The van der Waals surface area contributed by atoms with Crippen LogP contribution < -0.4 is 5.32 Å². The molecule has 0 bridgehead atoms. The summed E-state index contributed by atoms with van der Waals surface area (Å²) < 4.78 is 0. The first-order chi connectivity index (χ1) is 10.2. The van der Waals surface area contributed by atoms with Gasteiger partial charge in [-0.05, 0) is 54.9 Å². The molecule has 3 rings (SSSR count). The highest BCUT2D eigenvalue weighted by Gasteiger charge is 2.23. The Morgan fingerprint density at radius 1 is 1.33 bits per heavy atom. The van der Waals surface area contributed by atoms with Crippen LogP contribution in [-0.4, -0.2) is 5.91 Å². The zero-order valence-electron chi connectivity index (χ0n) is 12.6. The van der Waals surface area contributed by atoms with Gasteiger partial charge in [-0.2, -0.15) is 0 Å². The number of hydrogen-bond acceptors (Lipinski definition) is 2. The Balaban J connectivity index is 1.76. The Morgan fingerprint density at radius 3 is 2.81 bits per heavy atom. The number of fused-ring (bicyclic) bond motifs is 1. The first-order valence-electron chi connectivity index (χ1n) is 7.67. The SMILES string of the molecule is CCc1ccc(NC(=O)c2csc3c2CC[C@H](C)C3)cc1. The second-order valence-corrected chi connectivity index (χ2v) is 6.87. The van der Waals surface area contributed by atoms with Crippen LogP contribution in [0, 0.1) is 5.92 Å². The molecule has 1 amide bonds. The van der Waals surface area contributed by atoms with Crippen LogP contribution in [-0.2, 0) is 19.3 Å². The topological polar surface area (TPSA) is 29.1 Å². The van der Waals surface area contributed by atoms with Gasteiger partial charge in [0.25, 0.3) is 5.91 Å². The van der Waals surface area contributed by atoms with E-state index in [1.807, 2.05) is 17.5 Å². The van der Waals surface area contributed by atoms with E-state index in [0.717, 1.165) is 36.4 Å². The lowest BCUT2D eigenvalue weighted by Gasteiger charge is -2.18. The predicted octanol–water partition coefficient (Wildman–Crippen LogP) is 4.69. The molecule has 21 heavy (non-hydrogen) atoms. The largest absolute Gasteiger partial charge is 0.322 e. The molecule has 2 nitrogen and oxygen atoms in total. The van der Waals surface area contributed by atoms with Crippen molar-refractivity contribution in [1.82, 2.24) is 0 Å². The Bertz CT molecular complexity index is 642. The van der Waals surface area contributed by atoms with E-state index < -0.39 is 0 Å². The number of carbonyl (C=O) groups excluding carboxylic acids is 1. The molecule has 1 aliphatic rings. The smallest absolute Gasteiger partial charge is 0.256 e. The lowest BCUT2D eigenvalue weighted by atomic mass is 9.88. The van der Waals surface area contributed by atoms with Crippen LogP contribution in [0.25, 0.3) is 0 Å².